The highest BCUT2D eigenvalue weighted by Crippen LogP contribution is 2.27. The Labute approximate surface area is 214 Å². The molecule has 5 nitrogen and oxygen atoms in total. The van der Waals surface area contributed by atoms with Gasteiger partial charge in [0, 0.05) is 24.5 Å². The Morgan fingerprint density at radius 3 is 2.11 bits per heavy atom. The van der Waals surface area contributed by atoms with Crippen molar-refractivity contribution in [2.24, 2.45) is 0 Å². The molecule has 3 rings (SSSR count). The molecule has 1 atom stereocenters. The first-order valence-corrected chi connectivity index (χ1v) is 12.5. The Kier molecular flexibility index (Phi) is 10.8. The van der Waals surface area contributed by atoms with E-state index < -0.39 is 0 Å². The van der Waals surface area contributed by atoms with Crippen molar-refractivity contribution in [2.75, 3.05) is 14.2 Å². The molecule has 0 saturated heterocycles. The number of hydrogen-bond donors (Lipinski definition) is 1. The Hall–Kier alpha value is -3.86. The fourth-order valence-electron chi connectivity index (χ4n) is 4.12. The van der Waals surface area contributed by atoms with Crippen molar-refractivity contribution < 1.29 is 14.3 Å². The highest BCUT2D eigenvalue weighted by Gasteiger charge is 2.10. The van der Waals surface area contributed by atoms with E-state index >= 15 is 0 Å². The standard InChI is InChI=1S/C31H36N2O3/c1-4-8-27(11-5-9-24-10-7-22-32-23-24)33-31(34)13-6-12-30(25-14-18-28(35-2)19-15-25)26-16-20-29(36-3)21-17-26/h6-7,10,12-23,27H,4-5,8-9,11H2,1-3H3,(H,33,34)/t27-/m1/s1. The molecule has 1 N–H and O–H groups in total. The third kappa shape index (κ3) is 8.42. The molecule has 5 heteroatoms. The van der Waals surface area contributed by atoms with Gasteiger partial charge in [0.1, 0.15) is 11.5 Å². The van der Waals surface area contributed by atoms with E-state index in [1.165, 1.54) is 5.56 Å². The number of carbonyl (C=O) groups is 1. The van der Waals surface area contributed by atoms with E-state index in [2.05, 4.69) is 23.3 Å². The second-order valence-corrected chi connectivity index (χ2v) is 8.64. The van der Waals surface area contributed by atoms with E-state index in [1.54, 1.807) is 26.5 Å². The number of aryl methyl sites for hydroxylation is 1. The predicted octanol–water partition coefficient (Wildman–Crippen LogP) is 6.39. The van der Waals surface area contributed by atoms with Crippen LogP contribution in [0.5, 0.6) is 11.5 Å². The van der Waals surface area contributed by atoms with Gasteiger partial charge in [-0.1, -0.05) is 55.8 Å². The second-order valence-electron chi connectivity index (χ2n) is 8.64. The van der Waals surface area contributed by atoms with Crippen LogP contribution in [-0.4, -0.2) is 31.2 Å². The molecular formula is C31H36N2O3. The number of benzene rings is 2. The van der Waals surface area contributed by atoms with Crippen LogP contribution in [0.3, 0.4) is 0 Å². The Bertz CT molecular complexity index is 1070. The van der Waals surface area contributed by atoms with Gasteiger partial charge in [-0.15, -0.1) is 0 Å². The van der Waals surface area contributed by atoms with E-state index in [0.717, 1.165) is 60.3 Å². The zero-order chi connectivity index (χ0) is 25.6. The molecule has 0 bridgehead atoms. The highest BCUT2D eigenvalue weighted by atomic mass is 16.5. The van der Waals surface area contributed by atoms with Gasteiger partial charge in [-0.05, 0) is 78.3 Å². The molecule has 1 amide bonds. The molecule has 2 aromatic carbocycles. The first-order valence-electron chi connectivity index (χ1n) is 12.5. The van der Waals surface area contributed by atoms with Gasteiger partial charge in [-0.25, -0.2) is 0 Å². The minimum atomic E-state index is -0.0742. The molecule has 0 radical (unpaired) electrons. The lowest BCUT2D eigenvalue weighted by molar-refractivity contribution is -0.117. The molecule has 3 aromatic rings. The average Bonchev–Trinajstić information content (AvgIpc) is 2.92. The van der Waals surface area contributed by atoms with Gasteiger partial charge in [0.05, 0.1) is 14.2 Å². The normalized spacial score (nSPS) is 11.6. The summed E-state index contributed by atoms with van der Waals surface area (Å²) in [5, 5.41) is 3.18. The van der Waals surface area contributed by atoms with Gasteiger partial charge in [0.2, 0.25) is 5.91 Å². The van der Waals surface area contributed by atoms with Gasteiger partial charge in [0.25, 0.3) is 0 Å². The molecular weight excluding hydrogens is 448 g/mol. The molecule has 1 aromatic heterocycles. The predicted molar refractivity (Wildman–Crippen MR) is 146 cm³/mol. The van der Waals surface area contributed by atoms with Crippen LogP contribution in [0.2, 0.25) is 0 Å². The van der Waals surface area contributed by atoms with Crippen LogP contribution in [-0.2, 0) is 11.2 Å². The summed E-state index contributed by atoms with van der Waals surface area (Å²) in [7, 11) is 3.31. The fraction of sp³-hybridized carbons (Fsp3) is 0.290. The van der Waals surface area contributed by atoms with Crippen LogP contribution in [0.25, 0.3) is 5.57 Å². The van der Waals surface area contributed by atoms with Crippen LogP contribution in [0.4, 0.5) is 0 Å². The van der Waals surface area contributed by atoms with Gasteiger partial charge < -0.3 is 14.8 Å². The fourth-order valence-corrected chi connectivity index (χ4v) is 4.12. The number of hydrogen-bond acceptors (Lipinski definition) is 4. The number of carbonyl (C=O) groups excluding carboxylic acids is 1. The Balaban J connectivity index is 1.68. The second kappa shape index (κ2) is 14.5. The molecule has 0 aliphatic rings. The van der Waals surface area contributed by atoms with E-state index in [1.807, 2.05) is 72.9 Å². The lowest BCUT2D eigenvalue weighted by atomic mass is 9.97. The summed E-state index contributed by atoms with van der Waals surface area (Å²) >= 11 is 0. The minimum absolute atomic E-state index is 0.0742. The van der Waals surface area contributed by atoms with Crippen molar-refractivity contribution in [1.29, 1.82) is 0 Å². The third-order valence-corrected chi connectivity index (χ3v) is 6.04. The number of amides is 1. The summed E-state index contributed by atoms with van der Waals surface area (Å²) in [6.45, 7) is 2.15. The quantitative estimate of drug-likeness (QED) is 0.225. The van der Waals surface area contributed by atoms with Gasteiger partial charge in [-0.2, -0.15) is 0 Å². The number of nitrogens with zero attached hydrogens (tertiary/aromatic N) is 1. The van der Waals surface area contributed by atoms with Crippen molar-refractivity contribution in [1.82, 2.24) is 10.3 Å². The number of methoxy groups -OCH3 is 2. The maximum absolute atomic E-state index is 12.7. The number of pyridine rings is 1. The first kappa shape index (κ1) is 26.7. The Morgan fingerprint density at radius 2 is 1.58 bits per heavy atom. The van der Waals surface area contributed by atoms with Gasteiger partial charge >= 0.3 is 0 Å². The van der Waals surface area contributed by atoms with Crippen LogP contribution < -0.4 is 14.8 Å². The molecule has 188 valence electrons. The van der Waals surface area contributed by atoms with E-state index in [-0.39, 0.29) is 11.9 Å². The first-order chi connectivity index (χ1) is 17.6. The van der Waals surface area contributed by atoms with Crippen LogP contribution in [0, 0.1) is 0 Å². The van der Waals surface area contributed by atoms with Crippen molar-refractivity contribution in [3.05, 3.63) is 108 Å². The lowest BCUT2D eigenvalue weighted by Gasteiger charge is -2.17. The summed E-state index contributed by atoms with van der Waals surface area (Å²) in [6.07, 6.45) is 14.0. The number of allylic oxidation sites excluding steroid dienone is 2. The minimum Gasteiger partial charge on any atom is -0.497 e. The lowest BCUT2D eigenvalue weighted by Crippen LogP contribution is -2.33. The zero-order valence-electron chi connectivity index (χ0n) is 21.4. The van der Waals surface area contributed by atoms with E-state index in [0.29, 0.717) is 0 Å². The SMILES string of the molecule is CCC[C@H](CCCc1cccnc1)NC(=O)C=CC=C(c1ccc(OC)cc1)c1ccc(OC)cc1. The molecule has 0 unspecified atom stereocenters. The Morgan fingerprint density at radius 1 is 0.944 bits per heavy atom. The van der Waals surface area contributed by atoms with Crippen molar-refractivity contribution in [3.63, 3.8) is 0 Å². The van der Waals surface area contributed by atoms with Crippen molar-refractivity contribution in [2.45, 2.75) is 45.1 Å². The zero-order valence-corrected chi connectivity index (χ0v) is 21.4. The number of nitrogens with one attached hydrogen (secondary N) is 1. The maximum atomic E-state index is 12.7. The summed E-state index contributed by atoms with van der Waals surface area (Å²) in [6, 6.07) is 20.0. The summed E-state index contributed by atoms with van der Waals surface area (Å²) in [4.78, 5) is 16.9. The molecule has 0 saturated carbocycles. The summed E-state index contributed by atoms with van der Waals surface area (Å²) in [5.74, 6) is 1.52. The highest BCUT2D eigenvalue weighted by molar-refractivity contribution is 5.89. The summed E-state index contributed by atoms with van der Waals surface area (Å²) in [5.41, 5.74) is 4.30. The molecule has 0 spiro atoms. The molecule has 0 aliphatic carbocycles. The topological polar surface area (TPSA) is 60.5 Å². The number of aromatic nitrogens is 1. The van der Waals surface area contributed by atoms with Crippen LogP contribution >= 0.6 is 0 Å². The third-order valence-electron chi connectivity index (χ3n) is 6.04. The largest absolute Gasteiger partial charge is 0.497 e. The molecule has 0 aliphatic heterocycles. The van der Waals surface area contributed by atoms with Gasteiger partial charge in [-0.3, -0.25) is 9.78 Å². The van der Waals surface area contributed by atoms with Gasteiger partial charge in [0.15, 0.2) is 0 Å². The maximum Gasteiger partial charge on any atom is 0.244 e. The van der Waals surface area contributed by atoms with Crippen LogP contribution in [0.15, 0.2) is 91.3 Å². The monoisotopic (exact) mass is 484 g/mol. The molecule has 36 heavy (non-hydrogen) atoms. The number of ether oxygens (including phenoxy) is 2. The average molecular weight is 485 g/mol. The smallest absolute Gasteiger partial charge is 0.244 e. The summed E-state index contributed by atoms with van der Waals surface area (Å²) < 4.78 is 10.6. The molecule has 1 heterocycles. The van der Waals surface area contributed by atoms with E-state index in [9.17, 15) is 4.79 Å². The van der Waals surface area contributed by atoms with E-state index in [4.69, 9.17) is 9.47 Å². The molecule has 0 fully saturated rings. The van der Waals surface area contributed by atoms with Crippen molar-refractivity contribution >= 4 is 11.5 Å². The van der Waals surface area contributed by atoms with Crippen molar-refractivity contribution in [3.8, 4) is 11.5 Å². The van der Waals surface area contributed by atoms with Crippen LogP contribution in [0.1, 0.15) is 49.3 Å². The number of rotatable bonds is 13.